The average molecular weight is 379 g/mol. The Morgan fingerprint density at radius 3 is 2.32 bits per heavy atom. The van der Waals surface area contributed by atoms with Crippen LogP contribution in [-0.2, 0) is 4.79 Å². The number of hydrogen-bond donors (Lipinski definition) is 3. The van der Waals surface area contributed by atoms with E-state index in [2.05, 4.69) is 10.5 Å². The zero-order valence-electron chi connectivity index (χ0n) is 14.9. The zero-order chi connectivity index (χ0) is 20.1. The number of nitrogens with one attached hydrogen (secondary N) is 3. The zero-order valence-corrected chi connectivity index (χ0v) is 14.9. The molecular formula is C19H17N5O4. The van der Waals surface area contributed by atoms with E-state index < -0.39 is 17.2 Å². The van der Waals surface area contributed by atoms with E-state index in [9.17, 15) is 19.2 Å². The molecule has 0 fully saturated rings. The highest BCUT2D eigenvalue weighted by Gasteiger charge is 2.22. The molecule has 0 spiro atoms. The molecule has 0 aliphatic rings. The van der Waals surface area contributed by atoms with Gasteiger partial charge in [0.15, 0.2) is 0 Å². The van der Waals surface area contributed by atoms with Gasteiger partial charge >= 0.3 is 5.69 Å². The van der Waals surface area contributed by atoms with Gasteiger partial charge in [-0.05, 0) is 30.7 Å². The lowest BCUT2D eigenvalue weighted by Gasteiger charge is -2.29. The number of aryl methyl sites for hydroxylation is 1. The van der Waals surface area contributed by atoms with Crippen LogP contribution in [0.1, 0.15) is 15.9 Å². The van der Waals surface area contributed by atoms with Crippen molar-refractivity contribution in [2.75, 3.05) is 10.0 Å². The fourth-order valence-corrected chi connectivity index (χ4v) is 2.56. The number of rotatable bonds is 6. The molecule has 9 nitrogen and oxygen atoms in total. The summed E-state index contributed by atoms with van der Waals surface area (Å²) in [5.41, 5.74) is 2.82. The van der Waals surface area contributed by atoms with E-state index in [0.717, 1.165) is 16.6 Å². The third-order valence-electron chi connectivity index (χ3n) is 3.90. The van der Waals surface area contributed by atoms with Gasteiger partial charge in [0, 0.05) is 11.6 Å². The molecule has 0 bridgehead atoms. The number of carbonyl (C=O) groups excluding carboxylic acids is 2. The Labute approximate surface area is 159 Å². The van der Waals surface area contributed by atoms with Gasteiger partial charge in [-0.2, -0.15) is 0 Å². The van der Waals surface area contributed by atoms with Crippen molar-refractivity contribution in [3.63, 3.8) is 0 Å². The third kappa shape index (κ3) is 4.05. The van der Waals surface area contributed by atoms with E-state index in [-0.39, 0.29) is 5.82 Å². The van der Waals surface area contributed by atoms with Crippen molar-refractivity contribution < 1.29 is 9.59 Å². The molecule has 0 saturated carbocycles. The summed E-state index contributed by atoms with van der Waals surface area (Å²) in [5, 5.41) is 2.00. The molecule has 2 aromatic carbocycles. The van der Waals surface area contributed by atoms with Crippen molar-refractivity contribution in [1.82, 2.24) is 15.5 Å². The molecule has 0 atom stereocenters. The Balaban J connectivity index is 2.04. The van der Waals surface area contributed by atoms with Crippen molar-refractivity contribution in [2.45, 2.75) is 6.92 Å². The number of nitrogens with zero attached hydrogens (tertiary/aromatic N) is 2. The number of hydrogen-bond acceptors (Lipinski definition) is 5. The first-order valence-corrected chi connectivity index (χ1v) is 8.29. The molecule has 3 aromatic rings. The lowest BCUT2D eigenvalue weighted by Crippen LogP contribution is -2.53. The normalized spacial score (nSPS) is 10.3. The minimum Gasteiger partial charge on any atom is -0.292 e. The molecule has 0 unspecified atom stereocenters. The van der Waals surface area contributed by atoms with E-state index in [1.165, 1.54) is 5.01 Å². The molecule has 0 radical (unpaired) electrons. The summed E-state index contributed by atoms with van der Waals surface area (Å²) in [7, 11) is 0. The maximum Gasteiger partial charge on any atom is 0.327 e. The molecule has 0 saturated heterocycles. The highest BCUT2D eigenvalue weighted by atomic mass is 16.2. The van der Waals surface area contributed by atoms with Crippen molar-refractivity contribution in [3.05, 3.63) is 92.6 Å². The Morgan fingerprint density at radius 2 is 1.68 bits per heavy atom. The van der Waals surface area contributed by atoms with Crippen molar-refractivity contribution in [2.24, 2.45) is 0 Å². The molecule has 9 heteroatoms. The van der Waals surface area contributed by atoms with E-state index in [1.54, 1.807) is 42.5 Å². The third-order valence-corrected chi connectivity index (χ3v) is 3.90. The monoisotopic (exact) mass is 379 g/mol. The van der Waals surface area contributed by atoms with Crippen LogP contribution in [0, 0.1) is 6.92 Å². The van der Waals surface area contributed by atoms with Crippen LogP contribution in [0.3, 0.4) is 0 Å². The summed E-state index contributed by atoms with van der Waals surface area (Å²) in [6, 6.07) is 16.6. The standard InChI is InChI=1S/C19H17N5O4/c1-13-7-5-6-10-15(13)24(18(27)14-8-3-2-4-9-14)22-23(12-25)16-11-17(26)21-19(28)20-16/h2-12,22H,1H3,(H2,20,21,26,28). The Kier molecular flexibility index (Phi) is 5.47. The molecule has 28 heavy (non-hydrogen) atoms. The van der Waals surface area contributed by atoms with Crippen LogP contribution in [0.4, 0.5) is 11.5 Å². The van der Waals surface area contributed by atoms with Gasteiger partial charge in [-0.25, -0.2) is 14.8 Å². The highest BCUT2D eigenvalue weighted by molar-refractivity contribution is 6.06. The summed E-state index contributed by atoms with van der Waals surface area (Å²) < 4.78 is 0. The summed E-state index contributed by atoms with van der Waals surface area (Å²) in [6.45, 7) is 1.81. The lowest BCUT2D eigenvalue weighted by atomic mass is 10.1. The van der Waals surface area contributed by atoms with Gasteiger partial charge in [-0.15, -0.1) is 5.53 Å². The molecule has 0 aliphatic carbocycles. The van der Waals surface area contributed by atoms with Gasteiger partial charge in [-0.1, -0.05) is 36.4 Å². The molecule has 0 aliphatic heterocycles. The average Bonchev–Trinajstić information content (AvgIpc) is 2.69. The second-order valence-electron chi connectivity index (χ2n) is 5.84. The maximum absolute atomic E-state index is 13.1. The first-order valence-electron chi connectivity index (χ1n) is 8.29. The van der Waals surface area contributed by atoms with Gasteiger partial charge in [0.25, 0.3) is 11.5 Å². The first-order chi connectivity index (χ1) is 13.5. The quantitative estimate of drug-likeness (QED) is 0.438. The number of aromatic nitrogens is 2. The number of amides is 2. The van der Waals surface area contributed by atoms with Crippen LogP contribution < -0.4 is 26.8 Å². The minimum absolute atomic E-state index is 0.122. The van der Waals surface area contributed by atoms with Crippen LogP contribution in [0.5, 0.6) is 0 Å². The predicted molar refractivity (Wildman–Crippen MR) is 104 cm³/mol. The van der Waals surface area contributed by atoms with Crippen LogP contribution in [-0.4, -0.2) is 22.3 Å². The Hall–Kier alpha value is -3.98. The predicted octanol–water partition coefficient (Wildman–Crippen LogP) is 1.10. The van der Waals surface area contributed by atoms with Crippen molar-refractivity contribution >= 4 is 23.8 Å². The van der Waals surface area contributed by atoms with E-state index >= 15 is 0 Å². The molecule has 3 rings (SSSR count). The van der Waals surface area contributed by atoms with Crippen LogP contribution in [0.2, 0.25) is 0 Å². The minimum atomic E-state index is -0.784. The summed E-state index contributed by atoms with van der Waals surface area (Å²) in [6.07, 6.45) is 0.342. The molecular weight excluding hydrogens is 362 g/mol. The smallest absolute Gasteiger partial charge is 0.292 e. The largest absolute Gasteiger partial charge is 0.327 e. The molecule has 142 valence electrons. The second kappa shape index (κ2) is 8.14. The number of carbonyl (C=O) groups is 2. The topological polar surface area (TPSA) is 118 Å². The summed E-state index contributed by atoms with van der Waals surface area (Å²) in [5.74, 6) is -0.558. The molecule has 1 heterocycles. The van der Waals surface area contributed by atoms with E-state index in [4.69, 9.17) is 0 Å². The fourth-order valence-electron chi connectivity index (χ4n) is 2.56. The first kappa shape index (κ1) is 18.8. The molecule has 2 amide bonds. The second-order valence-corrected chi connectivity index (χ2v) is 5.84. The summed E-state index contributed by atoms with van der Waals surface area (Å²) >= 11 is 0. The molecule has 3 N–H and O–H groups in total. The van der Waals surface area contributed by atoms with Gasteiger partial charge < -0.3 is 0 Å². The van der Waals surface area contributed by atoms with E-state index in [1.807, 2.05) is 24.0 Å². The van der Waals surface area contributed by atoms with E-state index in [0.29, 0.717) is 17.7 Å². The van der Waals surface area contributed by atoms with Crippen molar-refractivity contribution in [1.29, 1.82) is 0 Å². The lowest BCUT2D eigenvalue weighted by molar-refractivity contribution is -0.108. The fraction of sp³-hybridized carbons (Fsp3) is 0.0526. The van der Waals surface area contributed by atoms with Gasteiger partial charge in [0.2, 0.25) is 6.41 Å². The van der Waals surface area contributed by atoms with Gasteiger partial charge in [-0.3, -0.25) is 24.4 Å². The van der Waals surface area contributed by atoms with Gasteiger partial charge in [0.1, 0.15) is 5.82 Å². The number of aromatic amines is 2. The number of H-pyrrole nitrogens is 2. The van der Waals surface area contributed by atoms with Crippen LogP contribution >= 0.6 is 0 Å². The number of para-hydroxylation sites is 1. The maximum atomic E-state index is 13.1. The Morgan fingerprint density at radius 1 is 1.00 bits per heavy atom. The number of anilines is 2. The number of benzene rings is 2. The highest BCUT2D eigenvalue weighted by Crippen LogP contribution is 2.20. The Bertz CT molecular complexity index is 1080. The molecule has 1 aromatic heterocycles. The number of hydrazine groups is 2. The van der Waals surface area contributed by atoms with Crippen molar-refractivity contribution in [3.8, 4) is 0 Å². The van der Waals surface area contributed by atoms with Crippen LogP contribution in [0.15, 0.2) is 70.3 Å². The SMILES string of the molecule is Cc1ccccc1N(NN(C=O)c1cc(=O)[nH]c(=O)[nH]1)C(=O)c1ccccc1. The summed E-state index contributed by atoms with van der Waals surface area (Å²) in [4.78, 5) is 52.2. The van der Waals surface area contributed by atoms with Gasteiger partial charge in [0.05, 0.1) is 5.69 Å². The van der Waals surface area contributed by atoms with Crippen LogP contribution in [0.25, 0.3) is 0 Å².